The normalized spacial score (nSPS) is 14.9. The molecule has 0 spiro atoms. The van der Waals surface area contributed by atoms with Gasteiger partial charge in [0.2, 0.25) is 5.90 Å². The van der Waals surface area contributed by atoms with E-state index >= 15 is 0 Å². The molecule has 132 valence electrons. The molecule has 2 aromatic carbocycles. The van der Waals surface area contributed by atoms with Crippen molar-refractivity contribution in [2.24, 2.45) is 5.10 Å². The highest BCUT2D eigenvalue weighted by atomic mass is 19.1. The van der Waals surface area contributed by atoms with Crippen LogP contribution in [0.2, 0.25) is 0 Å². The van der Waals surface area contributed by atoms with Gasteiger partial charge in [0.05, 0.1) is 13.1 Å². The Morgan fingerprint density at radius 2 is 1.68 bits per heavy atom. The molecule has 0 unspecified atom stereocenters. The molecule has 1 aliphatic rings. The van der Waals surface area contributed by atoms with E-state index in [2.05, 4.69) is 50.1 Å². The molecule has 0 aliphatic carbocycles. The number of hydrazone groups is 1. The highest BCUT2D eigenvalue weighted by molar-refractivity contribution is 5.94. The van der Waals surface area contributed by atoms with Crippen LogP contribution in [0.1, 0.15) is 37.5 Å². The van der Waals surface area contributed by atoms with Gasteiger partial charge < -0.3 is 4.74 Å². The van der Waals surface area contributed by atoms with E-state index in [4.69, 9.17) is 4.74 Å². The van der Waals surface area contributed by atoms with Crippen LogP contribution < -0.4 is 0 Å². The van der Waals surface area contributed by atoms with E-state index in [0.29, 0.717) is 19.7 Å². The predicted molar refractivity (Wildman–Crippen MR) is 94.4 cm³/mol. The summed E-state index contributed by atoms with van der Waals surface area (Å²) in [6, 6.07) is 12.1. The van der Waals surface area contributed by atoms with Crippen molar-refractivity contribution in [3.8, 4) is 0 Å². The molecule has 0 N–H and O–H groups in total. The van der Waals surface area contributed by atoms with E-state index in [1.807, 2.05) is 0 Å². The second-order valence-electron chi connectivity index (χ2n) is 7.19. The Morgan fingerprint density at radius 3 is 2.28 bits per heavy atom. The van der Waals surface area contributed by atoms with Crippen LogP contribution in [-0.4, -0.2) is 24.1 Å². The van der Waals surface area contributed by atoms with Crippen molar-refractivity contribution in [3.05, 3.63) is 70.8 Å². The first kappa shape index (κ1) is 17.4. The van der Waals surface area contributed by atoms with Gasteiger partial charge in [0.1, 0.15) is 23.8 Å². The Balaban J connectivity index is 1.79. The molecule has 0 bridgehead atoms. The van der Waals surface area contributed by atoms with Gasteiger partial charge in [-0.1, -0.05) is 51.1 Å². The number of nitrogens with zero attached hydrogens (tertiary/aromatic N) is 2. The highest BCUT2D eigenvalue weighted by Crippen LogP contribution is 2.23. The van der Waals surface area contributed by atoms with Crippen LogP contribution in [0.25, 0.3) is 0 Å². The zero-order valence-electron chi connectivity index (χ0n) is 14.7. The van der Waals surface area contributed by atoms with E-state index in [0.717, 1.165) is 5.56 Å². The molecule has 5 heteroatoms. The van der Waals surface area contributed by atoms with Gasteiger partial charge in [0.15, 0.2) is 0 Å². The molecule has 0 aromatic heterocycles. The first-order valence-corrected chi connectivity index (χ1v) is 8.35. The Bertz CT molecular complexity index is 759. The maximum Gasteiger partial charge on any atom is 0.244 e. The second kappa shape index (κ2) is 6.82. The fraction of sp³-hybridized carbons (Fsp3) is 0.350. The van der Waals surface area contributed by atoms with Crippen molar-refractivity contribution in [1.29, 1.82) is 0 Å². The summed E-state index contributed by atoms with van der Waals surface area (Å²) in [4.78, 5) is 0. The van der Waals surface area contributed by atoms with E-state index in [1.165, 1.54) is 23.8 Å². The summed E-state index contributed by atoms with van der Waals surface area (Å²) in [6.45, 7) is 7.98. The fourth-order valence-corrected chi connectivity index (χ4v) is 2.71. The predicted octanol–water partition coefficient (Wildman–Crippen LogP) is 4.46. The molecule has 0 radical (unpaired) electrons. The van der Waals surface area contributed by atoms with Gasteiger partial charge in [-0.3, -0.25) is 5.01 Å². The number of benzene rings is 2. The molecule has 3 nitrogen and oxygen atoms in total. The van der Waals surface area contributed by atoms with Gasteiger partial charge in [-0.2, -0.15) is 0 Å². The molecule has 3 rings (SSSR count). The Labute approximate surface area is 146 Å². The summed E-state index contributed by atoms with van der Waals surface area (Å²) in [5.41, 5.74) is 2.24. The molecule has 2 aromatic rings. The summed E-state index contributed by atoms with van der Waals surface area (Å²) in [6.07, 6.45) is 0. The number of hydrogen-bond acceptors (Lipinski definition) is 3. The quantitative estimate of drug-likeness (QED) is 0.821. The first-order valence-electron chi connectivity index (χ1n) is 8.35. The lowest BCUT2D eigenvalue weighted by Crippen LogP contribution is -2.31. The third-order valence-corrected chi connectivity index (χ3v) is 4.18. The smallest absolute Gasteiger partial charge is 0.244 e. The SMILES string of the molecule is CC(C)(C)c1ccc(CN2CCOC(c3c(F)cccc3F)=N2)cc1. The third-order valence-electron chi connectivity index (χ3n) is 4.18. The Hall–Kier alpha value is -2.43. The molecule has 1 aliphatic heterocycles. The lowest BCUT2D eigenvalue weighted by Gasteiger charge is -2.26. The van der Waals surface area contributed by atoms with Crippen molar-refractivity contribution >= 4 is 5.90 Å². The van der Waals surface area contributed by atoms with Gasteiger partial charge in [-0.25, -0.2) is 8.78 Å². The monoisotopic (exact) mass is 344 g/mol. The molecular weight excluding hydrogens is 322 g/mol. The summed E-state index contributed by atoms with van der Waals surface area (Å²) >= 11 is 0. The van der Waals surface area contributed by atoms with Crippen LogP contribution in [0.4, 0.5) is 8.78 Å². The minimum Gasteiger partial charge on any atom is -0.474 e. The van der Waals surface area contributed by atoms with Gasteiger partial charge >= 0.3 is 0 Å². The van der Waals surface area contributed by atoms with E-state index in [-0.39, 0.29) is 16.9 Å². The van der Waals surface area contributed by atoms with Crippen molar-refractivity contribution in [1.82, 2.24) is 5.01 Å². The molecule has 0 fully saturated rings. The van der Waals surface area contributed by atoms with E-state index in [1.54, 1.807) is 5.01 Å². The molecule has 0 saturated heterocycles. The first-order chi connectivity index (χ1) is 11.8. The largest absolute Gasteiger partial charge is 0.474 e. The van der Waals surface area contributed by atoms with Gasteiger partial charge in [-0.15, -0.1) is 5.10 Å². The van der Waals surface area contributed by atoms with Crippen LogP contribution in [-0.2, 0) is 16.7 Å². The fourth-order valence-electron chi connectivity index (χ4n) is 2.71. The number of ether oxygens (including phenoxy) is 1. The van der Waals surface area contributed by atoms with Crippen molar-refractivity contribution in [2.75, 3.05) is 13.2 Å². The van der Waals surface area contributed by atoms with Crippen LogP contribution in [0.15, 0.2) is 47.6 Å². The van der Waals surface area contributed by atoms with Crippen LogP contribution in [0.3, 0.4) is 0 Å². The Kier molecular flexibility index (Phi) is 4.75. The molecule has 1 heterocycles. The minimum absolute atomic E-state index is 0.00633. The molecule has 25 heavy (non-hydrogen) atoms. The van der Waals surface area contributed by atoms with E-state index < -0.39 is 11.6 Å². The summed E-state index contributed by atoms with van der Waals surface area (Å²) in [5.74, 6) is -1.35. The number of hydrogen-bond donors (Lipinski definition) is 0. The van der Waals surface area contributed by atoms with Crippen LogP contribution in [0.5, 0.6) is 0 Å². The van der Waals surface area contributed by atoms with Crippen molar-refractivity contribution in [2.45, 2.75) is 32.7 Å². The average molecular weight is 344 g/mol. The summed E-state index contributed by atoms with van der Waals surface area (Å²) in [7, 11) is 0. The van der Waals surface area contributed by atoms with Crippen molar-refractivity contribution in [3.63, 3.8) is 0 Å². The minimum atomic E-state index is -0.671. The third kappa shape index (κ3) is 3.98. The van der Waals surface area contributed by atoms with Crippen LogP contribution >= 0.6 is 0 Å². The van der Waals surface area contributed by atoms with Gasteiger partial charge in [0.25, 0.3) is 0 Å². The average Bonchev–Trinajstić information content (AvgIpc) is 2.55. The van der Waals surface area contributed by atoms with Gasteiger partial charge in [0, 0.05) is 0 Å². The lowest BCUT2D eigenvalue weighted by molar-refractivity contribution is 0.160. The Morgan fingerprint density at radius 1 is 1.04 bits per heavy atom. The van der Waals surface area contributed by atoms with Crippen molar-refractivity contribution < 1.29 is 13.5 Å². The highest BCUT2D eigenvalue weighted by Gasteiger charge is 2.22. The second-order valence-corrected chi connectivity index (χ2v) is 7.19. The molecule has 0 saturated carbocycles. The molecule has 0 atom stereocenters. The standard InChI is InChI=1S/C20H22F2N2O/c1-20(2,3)15-9-7-14(8-10-15)13-24-11-12-25-19(23-24)18-16(21)5-4-6-17(18)22/h4-10H,11-13H2,1-3H3. The lowest BCUT2D eigenvalue weighted by atomic mass is 9.87. The number of halogens is 2. The summed E-state index contributed by atoms with van der Waals surface area (Å²) in [5, 5.41) is 6.06. The van der Waals surface area contributed by atoms with E-state index in [9.17, 15) is 8.78 Å². The van der Waals surface area contributed by atoms with Gasteiger partial charge in [-0.05, 0) is 28.7 Å². The van der Waals surface area contributed by atoms with Crippen LogP contribution in [0, 0.1) is 11.6 Å². The summed E-state index contributed by atoms with van der Waals surface area (Å²) < 4.78 is 33.2. The number of rotatable bonds is 3. The maximum absolute atomic E-state index is 13.9. The zero-order valence-corrected chi connectivity index (χ0v) is 14.7. The maximum atomic E-state index is 13.9. The topological polar surface area (TPSA) is 24.8 Å². The molecular formula is C20H22F2N2O. The molecule has 0 amide bonds. The zero-order chi connectivity index (χ0) is 18.0.